The first kappa shape index (κ1) is 31.4. The Morgan fingerprint density at radius 1 is 1.00 bits per heavy atom. The van der Waals surface area contributed by atoms with Gasteiger partial charge in [0.2, 0.25) is 5.95 Å². The fourth-order valence-electron chi connectivity index (χ4n) is 6.40. The van der Waals surface area contributed by atoms with Gasteiger partial charge in [-0.05, 0) is 49.6 Å². The topological polar surface area (TPSA) is 119 Å². The number of nitrogens with one attached hydrogen (secondary N) is 1. The van der Waals surface area contributed by atoms with Crippen LogP contribution in [-0.2, 0) is 4.74 Å². The number of hydrogen-bond acceptors (Lipinski definition) is 10. The molecule has 1 atom stereocenters. The summed E-state index contributed by atoms with van der Waals surface area (Å²) in [6.45, 7) is 9.48. The van der Waals surface area contributed by atoms with E-state index in [0.29, 0.717) is 42.9 Å². The minimum Gasteiger partial charge on any atom is -0.494 e. The molecule has 2 aromatic carbocycles. The first-order valence-corrected chi connectivity index (χ1v) is 16.0. The fourth-order valence-corrected chi connectivity index (χ4v) is 6.40. The highest BCUT2D eigenvalue weighted by molar-refractivity contribution is 5.76. The number of aromatic nitrogens is 2. The van der Waals surface area contributed by atoms with Gasteiger partial charge in [-0.2, -0.15) is 5.26 Å². The van der Waals surface area contributed by atoms with Crippen molar-refractivity contribution in [1.82, 2.24) is 24.7 Å². The van der Waals surface area contributed by atoms with Crippen LogP contribution < -0.4 is 19.7 Å². The number of anilines is 3. The molecule has 0 spiro atoms. The number of benzene rings is 2. The highest BCUT2D eigenvalue weighted by atomic mass is 16.5. The predicted octanol–water partition coefficient (Wildman–Crippen LogP) is 4.20. The molecule has 3 fully saturated rings. The van der Waals surface area contributed by atoms with E-state index < -0.39 is 0 Å². The van der Waals surface area contributed by atoms with Gasteiger partial charge in [0.1, 0.15) is 23.7 Å². The third kappa shape index (κ3) is 7.11. The Labute approximate surface area is 270 Å². The molecule has 0 bridgehead atoms. The standard InChI is InChI=1S/C34H42N8O4/c1-24(23-42-13-12-39(2)34(42)43)46-31-18-25(4-5-26(31)20-35)27-21-36-33(37-22-27)38-30-7-6-29(19-32(30)44-3)40-10-8-28(9-11-40)41-14-16-45-17-15-41/h4-7,18-19,21-22,24,28H,8-17,23H2,1-3H3,(H,36,37,38)/t24-/m0/s1. The summed E-state index contributed by atoms with van der Waals surface area (Å²) >= 11 is 0. The van der Waals surface area contributed by atoms with Crippen molar-refractivity contribution in [2.45, 2.75) is 31.9 Å². The van der Waals surface area contributed by atoms with Crippen molar-refractivity contribution in [2.75, 3.05) is 83.4 Å². The van der Waals surface area contributed by atoms with Gasteiger partial charge in [0.05, 0.1) is 38.1 Å². The molecular formula is C34H42N8O4. The Bertz CT molecular complexity index is 1550. The maximum atomic E-state index is 12.3. The van der Waals surface area contributed by atoms with Crippen molar-refractivity contribution in [2.24, 2.45) is 0 Å². The number of hydrogen-bond donors (Lipinski definition) is 1. The number of carbonyl (C=O) groups is 1. The number of methoxy groups -OCH3 is 1. The number of rotatable bonds is 10. The van der Waals surface area contributed by atoms with Gasteiger partial charge in [-0.15, -0.1) is 0 Å². The van der Waals surface area contributed by atoms with E-state index in [9.17, 15) is 10.1 Å². The Balaban J connectivity index is 1.08. The molecular weight excluding hydrogens is 584 g/mol. The SMILES string of the molecule is COc1cc(N2CCC(N3CCOCC3)CC2)ccc1Nc1ncc(-c2ccc(C#N)c(O[C@@H](C)CN3CCN(C)C3=O)c2)cn1. The van der Waals surface area contributed by atoms with Crippen LogP contribution in [0.3, 0.4) is 0 Å². The zero-order valence-electron chi connectivity index (χ0n) is 26.8. The van der Waals surface area contributed by atoms with Crippen LogP contribution in [0.2, 0.25) is 0 Å². The van der Waals surface area contributed by atoms with E-state index in [2.05, 4.69) is 43.3 Å². The van der Waals surface area contributed by atoms with Gasteiger partial charge in [-0.25, -0.2) is 14.8 Å². The van der Waals surface area contributed by atoms with Crippen LogP contribution in [0.4, 0.5) is 22.1 Å². The molecule has 1 N–H and O–H groups in total. The van der Waals surface area contributed by atoms with E-state index in [1.807, 2.05) is 25.1 Å². The number of likely N-dealkylation sites (N-methyl/N-ethyl adjacent to an activating group) is 1. The normalized spacial score (nSPS) is 18.4. The summed E-state index contributed by atoms with van der Waals surface area (Å²) in [5, 5.41) is 13.0. The lowest BCUT2D eigenvalue weighted by Gasteiger charge is -2.40. The Hall–Kier alpha value is -4.60. The molecule has 3 aliphatic rings. The van der Waals surface area contributed by atoms with Crippen LogP contribution in [0.15, 0.2) is 48.8 Å². The van der Waals surface area contributed by atoms with Crippen molar-refractivity contribution in [3.8, 4) is 28.7 Å². The number of ether oxygens (including phenoxy) is 3. The molecule has 0 unspecified atom stereocenters. The van der Waals surface area contributed by atoms with Crippen LogP contribution in [0.25, 0.3) is 11.1 Å². The predicted molar refractivity (Wildman–Crippen MR) is 176 cm³/mol. The van der Waals surface area contributed by atoms with Gasteiger partial charge >= 0.3 is 6.03 Å². The highest BCUT2D eigenvalue weighted by Gasteiger charge is 2.28. The first-order valence-electron chi connectivity index (χ1n) is 16.0. The Morgan fingerprint density at radius 3 is 2.43 bits per heavy atom. The van der Waals surface area contributed by atoms with E-state index in [4.69, 9.17) is 14.2 Å². The van der Waals surface area contributed by atoms with E-state index in [1.165, 1.54) is 0 Å². The fraction of sp³-hybridized carbons (Fsp3) is 0.471. The number of morpholine rings is 1. The van der Waals surface area contributed by atoms with E-state index in [-0.39, 0.29) is 12.1 Å². The molecule has 6 rings (SSSR count). The van der Waals surface area contributed by atoms with E-state index in [1.54, 1.807) is 42.4 Å². The monoisotopic (exact) mass is 626 g/mol. The first-order chi connectivity index (χ1) is 22.4. The molecule has 242 valence electrons. The summed E-state index contributed by atoms with van der Waals surface area (Å²) in [6.07, 6.45) is 5.48. The largest absolute Gasteiger partial charge is 0.494 e. The molecule has 0 radical (unpaired) electrons. The van der Waals surface area contributed by atoms with Gasteiger partial charge in [0, 0.05) is 82.1 Å². The number of nitrogens with zero attached hydrogens (tertiary/aromatic N) is 7. The van der Waals surface area contributed by atoms with Gasteiger partial charge in [-0.1, -0.05) is 6.07 Å². The number of urea groups is 1. The molecule has 3 aliphatic heterocycles. The second-order valence-corrected chi connectivity index (χ2v) is 12.1. The quantitative estimate of drug-likeness (QED) is 0.351. The maximum absolute atomic E-state index is 12.3. The minimum absolute atomic E-state index is 0.0103. The number of carbonyl (C=O) groups excluding carboxylic acids is 1. The molecule has 4 heterocycles. The molecule has 0 aliphatic carbocycles. The van der Waals surface area contributed by atoms with E-state index >= 15 is 0 Å². The van der Waals surface area contributed by atoms with Crippen LogP contribution in [0.5, 0.6) is 11.5 Å². The van der Waals surface area contributed by atoms with Crippen LogP contribution in [0, 0.1) is 11.3 Å². The highest BCUT2D eigenvalue weighted by Crippen LogP contribution is 2.34. The third-order valence-corrected chi connectivity index (χ3v) is 9.02. The van der Waals surface area contributed by atoms with Gasteiger partial charge in [0.15, 0.2) is 0 Å². The molecule has 3 saturated heterocycles. The maximum Gasteiger partial charge on any atom is 0.319 e. The van der Waals surface area contributed by atoms with E-state index in [0.717, 1.165) is 80.5 Å². The molecule has 2 amide bonds. The lowest BCUT2D eigenvalue weighted by atomic mass is 10.0. The van der Waals surface area contributed by atoms with Gasteiger partial charge in [0.25, 0.3) is 0 Å². The average Bonchev–Trinajstić information content (AvgIpc) is 3.41. The second kappa shape index (κ2) is 14.2. The molecule has 46 heavy (non-hydrogen) atoms. The van der Waals surface area contributed by atoms with Gasteiger partial charge in [-0.3, -0.25) is 4.90 Å². The summed E-state index contributed by atoms with van der Waals surface area (Å²) in [4.78, 5) is 29.8. The number of nitriles is 1. The smallest absolute Gasteiger partial charge is 0.319 e. The Kier molecular flexibility index (Phi) is 9.71. The lowest BCUT2D eigenvalue weighted by Crippen LogP contribution is -2.49. The van der Waals surface area contributed by atoms with Crippen LogP contribution in [0.1, 0.15) is 25.3 Å². The summed E-state index contributed by atoms with van der Waals surface area (Å²) in [7, 11) is 3.46. The molecule has 0 saturated carbocycles. The zero-order chi connectivity index (χ0) is 32.0. The van der Waals surface area contributed by atoms with Crippen molar-refractivity contribution in [1.29, 1.82) is 5.26 Å². The summed E-state index contributed by atoms with van der Waals surface area (Å²) in [5.74, 6) is 1.63. The summed E-state index contributed by atoms with van der Waals surface area (Å²) in [5.41, 5.74) is 3.96. The Morgan fingerprint density at radius 2 is 1.76 bits per heavy atom. The van der Waals surface area contributed by atoms with Crippen molar-refractivity contribution in [3.63, 3.8) is 0 Å². The van der Waals surface area contributed by atoms with Crippen LogP contribution >= 0.6 is 0 Å². The number of piperidine rings is 1. The van der Waals surface area contributed by atoms with Crippen LogP contribution in [-0.4, -0.2) is 116 Å². The number of amides is 2. The third-order valence-electron chi connectivity index (χ3n) is 9.02. The lowest BCUT2D eigenvalue weighted by molar-refractivity contribution is 0.0115. The van der Waals surface area contributed by atoms with Crippen molar-refractivity contribution >= 4 is 23.4 Å². The molecule has 1 aromatic heterocycles. The molecule has 12 heteroatoms. The van der Waals surface area contributed by atoms with Crippen molar-refractivity contribution in [3.05, 3.63) is 54.4 Å². The zero-order valence-corrected chi connectivity index (χ0v) is 26.8. The van der Waals surface area contributed by atoms with Gasteiger partial charge < -0.3 is 34.2 Å². The minimum atomic E-state index is -0.288. The summed E-state index contributed by atoms with van der Waals surface area (Å²) in [6, 6.07) is 14.4. The summed E-state index contributed by atoms with van der Waals surface area (Å²) < 4.78 is 17.4. The molecule has 3 aromatic rings. The second-order valence-electron chi connectivity index (χ2n) is 12.1. The van der Waals surface area contributed by atoms with Crippen molar-refractivity contribution < 1.29 is 19.0 Å². The average molecular weight is 627 g/mol. The molecule has 12 nitrogen and oxygen atoms in total.